The lowest BCUT2D eigenvalue weighted by atomic mass is 10.3. The number of anilines is 1. The van der Waals surface area contributed by atoms with Crippen LogP contribution >= 0.6 is 35.3 Å². The van der Waals surface area contributed by atoms with Crippen LogP contribution in [0.25, 0.3) is 0 Å². The number of hydrogen-bond donors (Lipinski definition) is 2. The van der Waals surface area contributed by atoms with Crippen molar-refractivity contribution in [1.82, 2.24) is 15.6 Å². The third-order valence-corrected chi connectivity index (χ3v) is 4.89. The minimum absolute atomic E-state index is 0. The summed E-state index contributed by atoms with van der Waals surface area (Å²) in [6.45, 7) is 12.7. The number of pyridine rings is 1. The maximum atomic E-state index is 4.67. The molecule has 0 amide bonds. The maximum Gasteiger partial charge on any atom is 0.191 e. The summed E-state index contributed by atoms with van der Waals surface area (Å²) < 4.78 is 0. The van der Waals surface area contributed by atoms with Gasteiger partial charge >= 0.3 is 0 Å². The highest BCUT2D eigenvalue weighted by molar-refractivity contribution is 14.0. The second-order valence-corrected chi connectivity index (χ2v) is 7.13. The fraction of sp³-hybridized carbons (Fsp3) is 0.474. The fourth-order valence-corrected chi connectivity index (χ4v) is 3.34. The predicted octanol–water partition coefficient (Wildman–Crippen LogP) is 4.17. The van der Waals surface area contributed by atoms with E-state index in [9.17, 15) is 0 Å². The number of aromatic nitrogens is 1. The van der Waals surface area contributed by atoms with Crippen molar-refractivity contribution in [2.24, 2.45) is 4.99 Å². The Hall–Kier alpha value is -1.35. The number of guanidine groups is 1. The zero-order chi connectivity index (χ0) is 18.1. The molecule has 0 atom stereocenters. The van der Waals surface area contributed by atoms with Crippen molar-refractivity contribution in [3.63, 3.8) is 0 Å². The molecule has 0 spiro atoms. The van der Waals surface area contributed by atoms with E-state index in [1.54, 1.807) is 0 Å². The van der Waals surface area contributed by atoms with Crippen molar-refractivity contribution in [3.05, 3.63) is 45.8 Å². The Kier molecular flexibility index (Phi) is 10.6. The lowest BCUT2D eigenvalue weighted by Gasteiger charge is -2.19. The van der Waals surface area contributed by atoms with Crippen molar-refractivity contribution in [2.45, 2.75) is 40.8 Å². The highest BCUT2D eigenvalue weighted by Gasteiger charge is 2.04. The molecule has 0 aromatic carbocycles. The van der Waals surface area contributed by atoms with Crippen LogP contribution in [0, 0.1) is 6.92 Å². The predicted molar refractivity (Wildman–Crippen MR) is 124 cm³/mol. The number of thiophene rings is 1. The molecule has 0 saturated carbocycles. The number of halogens is 1. The van der Waals surface area contributed by atoms with Crippen LogP contribution in [0.3, 0.4) is 0 Å². The molecule has 0 aliphatic carbocycles. The minimum Gasteiger partial charge on any atom is -0.357 e. The first-order valence-corrected chi connectivity index (χ1v) is 9.75. The van der Waals surface area contributed by atoms with E-state index in [4.69, 9.17) is 0 Å². The Balaban J connectivity index is 0.00000338. The van der Waals surface area contributed by atoms with Gasteiger partial charge in [-0.2, -0.15) is 0 Å². The number of rotatable bonds is 8. The standard InChI is InChI=1S/C19H29N5S.HI/c1-5-20-19(23-14-17-10-8-15(4)25-17)22-13-16-9-11-18(21-12-16)24(6-2)7-3;/h8-12H,5-7,13-14H2,1-4H3,(H2,20,22,23);1H. The molecule has 2 aromatic rings. The lowest BCUT2D eigenvalue weighted by Crippen LogP contribution is -2.36. The van der Waals surface area contributed by atoms with E-state index in [0.29, 0.717) is 6.54 Å². The fourth-order valence-electron chi connectivity index (χ4n) is 2.51. The van der Waals surface area contributed by atoms with Crippen LogP contribution in [0.1, 0.15) is 36.1 Å². The van der Waals surface area contributed by atoms with Crippen molar-refractivity contribution < 1.29 is 0 Å². The van der Waals surface area contributed by atoms with E-state index < -0.39 is 0 Å². The summed E-state index contributed by atoms with van der Waals surface area (Å²) in [6.07, 6.45) is 1.92. The van der Waals surface area contributed by atoms with Gasteiger partial charge in [0, 0.05) is 35.6 Å². The largest absolute Gasteiger partial charge is 0.357 e. The molecule has 0 aliphatic rings. The molecule has 26 heavy (non-hydrogen) atoms. The molecule has 0 saturated heterocycles. The summed E-state index contributed by atoms with van der Waals surface area (Å²) >= 11 is 1.81. The summed E-state index contributed by atoms with van der Waals surface area (Å²) in [5.74, 6) is 1.86. The number of nitrogens with one attached hydrogen (secondary N) is 2. The van der Waals surface area contributed by atoms with Crippen LogP contribution < -0.4 is 15.5 Å². The van der Waals surface area contributed by atoms with E-state index in [1.807, 2.05) is 17.5 Å². The molecule has 2 heterocycles. The van der Waals surface area contributed by atoms with Crippen LogP contribution in [0.2, 0.25) is 0 Å². The molecule has 5 nitrogen and oxygen atoms in total. The maximum absolute atomic E-state index is 4.67. The first-order chi connectivity index (χ1) is 12.2. The van der Waals surface area contributed by atoms with Crippen molar-refractivity contribution >= 4 is 47.1 Å². The number of aliphatic imine (C=N–C) groups is 1. The molecule has 2 rings (SSSR count). The summed E-state index contributed by atoms with van der Waals surface area (Å²) in [5.41, 5.74) is 1.11. The molecule has 144 valence electrons. The van der Waals surface area contributed by atoms with Gasteiger partial charge in [-0.25, -0.2) is 9.98 Å². The number of aryl methyl sites for hydroxylation is 1. The number of nitrogens with zero attached hydrogens (tertiary/aromatic N) is 3. The Labute approximate surface area is 178 Å². The quantitative estimate of drug-likeness (QED) is 0.334. The topological polar surface area (TPSA) is 52.6 Å². The second kappa shape index (κ2) is 12.1. The van der Waals surface area contributed by atoms with Crippen molar-refractivity contribution in [2.75, 3.05) is 24.5 Å². The van der Waals surface area contributed by atoms with Gasteiger partial charge in [0.15, 0.2) is 5.96 Å². The van der Waals surface area contributed by atoms with E-state index in [1.165, 1.54) is 9.75 Å². The van der Waals surface area contributed by atoms with E-state index >= 15 is 0 Å². The monoisotopic (exact) mass is 487 g/mol. The first-order valence-electron chi connectivity index (χ1n) is 8.93. The van der Waals surface area contributed by atoms with Gasteiger partial charge in [0.2, 0.25) is 0 Å². The average molecular weight is 487 g/mol. The number of hydrogen-bond acceptors (Lipinski definition) is 4. The van der Waals surface area contributed by atoms with Gasteiger partial charge in [-0.05, 0) is 51.5 Å². The lowest BCUT2D eigenvalue weighted by molar-refractivity contribution is 0.820. The Morgan fingerprint density at radius 1 is 1.12 bits per heavy atom. The van der Waals surface area contributed by atoms with Gasteiger partial charge < -0.3 is 15.5 Å². The van der Waals surface area contributed by atoms with Crippen LogP contribution in [-0.2, 0) is 13.1 Å². The molecular weight excluding hydrogens is 457 g/mol. The Morgan fingerprint density at radius 2 is 1.88 bits per heavy atom. The zero-order valence-electron chi connectivity index (χ0n) is 16.1. The molecule has 2 N–H and O–H groups in total. The molecule has 0 radical (unpaired) electrons. The van der Waals surface area contributed by atoms with Crippen LogP contribution in [0.4, 0.5) is 5.82 Å². The van der Waals surface area contributed by atoms with Gasteiger partial charge in [-0.1, -0.05) is 6.07 Å². The third-order valence-electron chi connectivity index (χ3n) is 3.89. The Bertz CT molecular complexity index is 665. The highest BCUT2D eigenvalue weighted by atomic mass is 127. The van der Waals surface area contributed by atoms with Gasteiger partial charge in [0.05, 0.1) is 13.1 Å². The smallest absolute Gasteiger partial charge is 0.191 e. The molecule has 0 fully saturated rings. The van der Waals surface area contributed by atoms with E-state index in [-0.39, 0.29) is 24.0 Å². The normalized spacial score (nSPS) is 11.0. The summed E-state index contributed by atoms with van der Waals surface area (Å²) in [6, 6.07) is 8.49. The highest BCUT2D eigenvalue weighted by Crippen LogP contribution is 2.14. The van der Waals surface area contributed by atoms with E-state index in [2.05, 4.69) is 77.5 Å². The third kappa shape index (κ3) is 7.11. The molecular formula is C19H30IN5S. The van der Waals surface area contributed by atoms with Crippen molar-refractivity contribution in [1.29, 1.82) is 0 Å². The van der Waals surface area contributed by atoms with Crippen LogP contribution in [0.15, 0.2) is 35.5 Å². The minimum atomic E-state index is 0. The average Bonchev–Trinajstić information content (AvgIpc) is 3.05. The van der Waals surface area contributed by atoms with Crippen LogP contribution in [-0.4, -0.2) is 30.6 Å². The Morgan fingerprint density at radius 3 is 2.42 bits per heavy atom. The van der Waals surface area contributed by atoms with Gasteiger partial charge in [0.1, 0.15) is 5.82 Å². The van der Waals surface area contributed by atoms with Crippen molar-refractivity contribution in [3.8, 4) is 0 Å². The summed E-state index contributed by atoms with van der Waals surface area (Å²) in [4.78, 5) is 14.1. The molecule has 0 aliphatic heterocycles. The SMILES string of the molecule is CCNC(=NCc1ccc(N(CC)CC)nc1)NCc1ccc(C)s1.I. The van der Waals surface area contributed by atoms with Gasteiger partial charge in [0.25, 0.3) is 0 Å². The summed E-state index contributed by atoms with van der Waals surface area (Å²) in [7, 11) is 0. The first kappa shape index (κ1) is 22.7. The summed E-state index contributed by atoms with van der Waals surface area (Å²) in [5, 5.41) is 6.68. The molecule has 0 bridgehead atoms. The van der Waals surface area contributed by atoms with Crippen LogP contribution in [0.5, 0.6) is 0 Å². The van der Waals surface area contributed by atoms with Gasteiger partial charge in [-0.15, -0.1) is 35.3 Å². The zero-order valence-corrected chi connectivity index (χ0v) is 19.2. The molecule has 7 heteroatoms. The second-order valence-electron chi connectivity index (χ2n) is 5.76. The molecule has 2 aromatic heterocycles. The molecule has 0 unspecified atom stereocenters. The van der Waals surface area contributed by atoms with E-state index in [0.717, 1.165) is 43.5 Å². The van der Waals surface area contributed by atoms with Gasteiger partial charge in [-0.3, -0.25) is 0 Å².